The fourth-order valence-electron chi connectivity index (χ4n) is 2.82. The van der Waals surface area contributed by atoms with E-state index in [0.29, 0.717) is 0 Å². The maximum atomic E-state index is 12.8. The molecule has 0 amide bonds. The van der Waals surface area contributed by atoms with Gasteiger partial charge in [0.25, 0.3) is 0 Å². The van der Waals surface area contributed by atoms with Crippen molar-refractivity contribution < 1.29 is 4.39 Å². The molecule has 0 aromatic heterocycles. The summed E-state index contributed by atoms with van der Waals surface area (Å²) < 4.78 is 12.8. The van der Waals surface area contributed by atoms with Crippen molar-refractivity contribution in [3.05, 3.63) is 35.6 Å². The zero-order valence-electron chi connectivity index (χ0n) is 11.1. The molecule has 2 atom stereocenters. The molecule has 1 aliphatic heterocycles. The van der Waals surface area contributed by atoms with Crippen molar-refractivity contribution in [2.45, 2.75) is 32.2 Å². The van der Waals surface area contributed by atoms with E-state index in [-0.39, 0.29) is 11.9 Å². The minimum atomic E-state index is -0.199. The third-order valence-electron chi connectivity index (χ3n) is 3.82. The third-order valence-corrected chi connectivity index (χ3v) is 3.82. The maximum absolute atomic E-state index is 12.8. The van der Waals surface area contributed by atoms with Crippen molar-refractivity contribution in [2.75, 3.05) is 19.6 Å². The first-order valence-electron chi connectivity index (χ1n) is 6.92. The van der Waals surface area contributed by atoms with Gasteiger partial charge in [-0.25, -0.2) is 4.39 Å². The molecule has 1 aromatic carbocycles. The summed E-state index contributed by atoms with van der Waals surface area (Å²) in [6, 6.07) is 6.54. The van der Waals surface area contributed by atoms with E-state index in [1.807, 2.05) is 0 Å². The second-order valence-corrected chi connectivity index (χ2v) is 5.36. The molecule has 0 saturated carbocycles. The number of benzene rings is 1. The normalized spacial score (nSPS) is 22.3. The van der Waals surface area contributed by atoms with Crippen molar-refractivity contribution >= 4 is 0 Å². The number of halogens is 1. The Labute approximate surface area is 109 Å². The number of rotatable bonds is 5. The zero-order chi connectivity index (χ0) is 13.0. The molecular weight excluding hydrogens is 227 g/mol. The van der Waals surface area contributed by atoms with Gasteiger partial charge in [-0.3, -0.25) is 0 Å². The summed E-state index contributed by atoms with van der Waals surface area (Å²) in [4.78, 5) is 2.44. The second-order valence-electron chi connectivity index (χ2n) is 5.36. The lowest BCUT2D eigenvalue weighted by molar-refractivity contribution is 0.300. The van der Waals surface area contributed by atoms with Crippen LogP contribution in [0.25, 0.3) is 0 Å². The Balaban J connectivity index is 1.84. The van der Waals surface area contributed by atoms with Gasteiger partial charge in [0.2, 0.25) is 0 Å². The van der Waals surface area contributed by atoms with Crippen LogP contribution in [0.3, 0.4) is 0 Å². The van der Waals surface area contributed by atoms with Crippen LogP contribution in [0.1, 0.15) is 37.8 Å². The Morgan fingerprint density at radius 1 is 1.39 bits per heavy atom. The molecule has 0 spiro atoms. The van der Waals surface area contributed by atoms with Gasteiger partial charge in [0.1, 0.15) is 5.82 Å². The van der Waals surface area contributed by atoms with Crippen LogP contribution in [0.2, 0.25) is 0 Å². The van der Waals surface area contributed by atoms with Gasteiger partial charge in [0.05, 0.1) is 0 Å². The highest BCUT2D eigenvalue weighted by Crippen LogP contribution is 2.22. The van der Waals surface area contributed by atoms with Crippen LogP contribution in [0.4, 0.5) is 4.39 Å². The Morgan fingerprint density at radius 2 is 2.11 bits per heavy atom. The lowest BCUT2D eigenvalue weighted by atomic mass is 10.0. The largest absolute Gasteiger partial charge is 0.323 e. The highest BCUT2D eigenvalue weighted by Gasteiger charge is 2.23. The van der Waals surface area contributed by atoms with E-state index in [4.69, 9.17) is 5.73 Å². The number of nitrogens with two attached hydrogens (primary N) is 1. The van der Waals surface area contributed by atoms with E-state index >= 15 is 0 Å². The van der Waals surface area contributed by atoms with Crippen LogP contribution >= 0.6 is 0 Å². The molecule has 2 rings (SSSR count). The topological polar surface area (TPSA) is 29.3 Å². The average molecular weight is 250 g/mol. The number of nitrogens with zero attached hydrogens (tertiary/aromatic N) is 1. The van der Waals surface area contributed by atoms with E-state index in [1.165, 1.54) is 37.9 Å². The molecule has 100 valence electrons. The van der Waals surface area contributed by atoms with Crippen molar-refractivity contribution in [3.63, 3.8) is 0 Å². The van der Waals surface area contributed by atoms with E-state index < -0.39 is 0 Å². The van der Waals surface area contributed by atoms with Gasteiger partial charge < -0.3 is 10.6 Å². The molecule has 18 heavy (non-hydrogen) atoms. The molecule has 3 heteroatoms. The molecule has 0 radical (unpaired) electrons. The summed E-state index contributed by atoms with van der Waals surface area (Å²) >= 11 is 0. The molecule has 1 aromatic rings. The molecule has 1 saturated heterocycles. The summed E-state index contributed by atoms with van der Waals surface area (Å²) in [5.74, 6) is 0.644. The van der Waals surface area contributed by atoms with Crippen LogP contribution in [0, 0.1) is 11.7 Å². The van der Waals surface area contributed by atoms with Gasteiger partial charge in [0.15, 0.2) is 0 Å². The van der Waals surface area contributed by atoms with Crippen molar-refractivity contribution in [2.24, 2.45) is 11.7 Å². The quantitative estimate of drug-likeness (QED) is 0.870. The summed E-state index contributed by atoms with van der Waals surface area (Å²) in [7, 11) is 0. The maximum Gasteiger partial charge on any atom is 0.123 e. The predicted octanol–water partition coefficient (Wildman–Crippen LogP) is 2.95. The van der Waals surface area contributed by atoms with Crippen molar-refractivity contribution in [3.8, 4) is 0 Å². The van der Waals surface area contributed by atoms with Crippen LogP contribution in [-0.4, -0.2) is 24.5 Å². The zero-order valence-corrected chi connectivity index (χ0v) is 11.1. The smallest absolute Gasteiger partial charge is 0.123 e. The van der Waals surface area contributed by atoms with Gasteiger partial charge in [-0.1, -0.05) is 25.5 Å². The number of hydrogen-bond donors (Lipinski definition) is 1. The molecule has 2 nitrogen and oxygen atoms in total. The molecule has 2 unspecified atom stereocenters. The van der Waals surface area contributed by atoms with Crippen LogP contribution in [-0.2, 0) is 0 Å². The molecule has 1 heterocycles. The highest BCUT2D eigenvalue weighted by molar-refractivity contribution is 5.19. The molecule has 1 fully saturated rings. The van der Waals surface area contributed by atoms with E-state index in [2.05, 4.69) is 11.8 Å². The number of likely N-dealkylation sites (tertiary alicyclic amines) is 1. The van der Waals surface area contributed by atoms with Crippen molar-refractivity contribution in [1.82, 2.24) is 4.90 Å². The van der Waals surface area contributed by atoms with Gasteiger partial charge in [-0.15, -0.1) is 0 Å². The lowest BCUT2D eigenvalue weighted by Crippen LogP contribution is -2.30. The van der Waals surface area contributed by atoms with E-state index in [1.54, 1.807) is 12.1 Å². The summed E-state index contributed by atoms with van der Waals surface area (Å²) in [6.45, 7) is 5.45. The standard InChI is InChI=1S/C15H23FN2/c1-2-3-12-8-9-18(10-12)11-15(17)13-4-6-14(16)7-5-13/h4-7,12,15H,2-3,8-11,17H2,1H3. The minimum absolute atomic E-state index is 0.00836. The van der Waals surface area contributed by atoms with Gasteiger partial charge >= 0.3 is 0 Å². The van der Waals surface area contributed by atoms with Crippen LogP contribution in [0.15, 0.2) is 24.3 Å². The Hall–Kier alpha value is -0.930. The first kappa shape index (κ1) is 13.5. The first-order valence-corrected chi connectivity index (χ1v) is 6.92. The first-order chi connectivity index (χ1) is 8.69. The SMILES string of the molecule is CCCC1CCN(CC(N)c2ccc(F)cc2)C1. The molecular formula is C15H23FN2. The predicted molar refractivity (Wildman–Crippen MR) is 72.8 cm³/mol. The molecule has 0 bridgehead atoms. The fraction of sp³-hybridized carbons (Fsp3) is 0.600. The summed E-state index contributed by atoms with van der Waals surface area (Å²) in [5.41, 5.74) is 7.20. The third kappa shape index (κ3) is 3.53. The minimum Gasteiger partial charge on any atom is -0.323 e. The Morgan fingerprint density at radius 3 is 2.78 bits per heavy atom. The lowest BCUT2D eigenvalue weighted by Gasteiger charge is -2.21. The summed E-state index contributed by atoms with van der Waals surface area (Å²) in [6.07, 6.45) is 3.88. The Bertz CT molecular complexity index is 363. The van der Waals surface area contributed by atoms with Gasteiger partial charge in [-0.2, -0.15) is 0 Å². The van der Waals surface area contributed by atoms with Crippen LogP contribution in [0.5, 0.6) is 0 Å². The molecule has 0 aliphatic carbocycles. The average Bonchev–Trinajstić information content (AvgIpc) is 2.78. The van der Waals surface area contributed by atoms with Crippen molar-refractivity contribution in [1.29, 1.82) is 0 Å². The number of hydrogen-bond acceptors (Lipinski definition) is 2. The monoisotopic (exact) mass is 250 g/mol. The van der Waals surface area contributed by atoms with Gasteiger partial charge in [-0.05, 0) is 43.0 Å². The highest BCUT2D eigenvalue weighted by atomic mass is 19.1. The molecule has 1 aliphatic rings. The fourth-order valence-corrected chi connectivity index (χ4v) is 2.82. The van der Waals surface area contributed by atoms with Gasteiger partial charge in [0, 0.05) is 19.1 Å². The summed E-state index contributed by atoms with van der Waals surface area (Å²) in [5, 5.41) is 0. The van der Waals surface area contributed by atoms with E-state index in [9.17, 15) is 4.39 Å². The second kappa shape index (κ2) is 6.30. The Kier molecular flexibility index (Phi) is 4.72. The van der Waals surface area contributed by atoms with Crippen LogP contribution < -0.4 is 5.73 Å². The van der Waals surface area contributed by atoms with E-state index in [0.717, 1.165) is 24.6 Å². The molecule has 2 N–H and O–H groups in total.